The van der Waals surface area contributed by atoms with Crippen molar-refractivity contribution in [1.82, 2.24) is 9.80 Å². The maximum absolute atomic E-state index is 2.73. The van der Waals surface area contributed by atoms with Gasteiger partial charge < -0.3 is 9.80 Å². The molecule has 0 saturated carbocycles. The summed E-state index contributed by atoms with van der Waals surface area (Å²) in [5.74, 6) is 0.955. The molecule has 2 rings (SSSR count). The summed E-state index contributed by atoms with van der Waals surface area (Å²) in [6, 6.07) is 0.727. The molecule has 0 amide bonds. The van der Waals surface area contributed by atoms with Gasteiger partial charge in [-0.1, -0.05) is 13.8 Å². The molecule has 0 atom stereocenters. The van der Waals surface area contributed by atoms with Crippen LogP contribution in [0.5, 0.6) is 0 Å². The van der Waals surface area contributed by atoms with Gasteiger partial charge in [-0.15, -0.1) is 0 Å². The molecule has 0 spiro atoms. The van der Waals surface area contributed by atoms with Gasteiger partial charge in [-0.05, 0) is 77.0 Å². The average Bonchev–Trinajstić information content (AvgIpc) is 2.32. The standard InChI is InChI=1S/C16H32N2/c1-14(2)18-11-7-16(4,8-12-18)13-17-9-5-15(3)6-10-17/h14-15H,5-13H2,1-4H3. The van der Waals surface area contributed by atoms with Crippen LogP contribution >= 0.6 is 0 Å². The van der Waals surface area contributed by atoms with E-state index in [-0.39, 0.29) is 0 Å². The molecule has 0 aromatic rings. The second-order valence-electron chi connectivity index (χ2n) is 7.40. The Labute approximate surface area is 114 Å². The molecule has 0 aromatic carbocycles. The molecule has 0 unspecified atom stereocenters. The smallest absolute Gasteiger partial charge is 0.00385 e. The monoisotopic (exact) mass is 252 g/mol. The van der Waals surface area contributed by atoms with Gasteiger partial charge in [0.15, 0.2) is 0 Å². The predicted octanol–water partition coefficient (Wildman–Crippen LogP) is 3.23. The molecule has 18 heavy (non-hydrogen) atoms. The molecule has 2 nitrogen and oxygen atoms in total. The maximum Gasteiger partial charge on any atom is 0.00385 e. The molecule has 0 aromatic heterocycles. The van der Waals surface area contributed by atoms with Crippen molar-refractivity contribution in [2.24, 2.45) is 11.3 Å². The third kappa shape index (κ3) is 3.71. The molecule has 2 aliphatic rings. The third-order valence-electron chi connectivity index (χ3n) is 5.22. The van der Waals surface area contributed by atoms with Crippen LogP contribution in [0.4, 0.5) is 0 Å². The van der Waals surface area contributed by atoms with Gasteiger partial charge in [0.1, 0.15) is 0 Å². The molecular weight excluding hydrogens is 220 g/mol. The lowest BCUT2D eigenvalue weighted by molar-refractivity contribution is 0.0499. The summed E-state index contributed by atoms with van der Waals surface area (Å²) in [5, 5.41) is 0. The summed E-state index contributed by atoms with van der Waals surface area (Å²) in [6.07, 6.45) is 5.59. The van der Waals surface area contributed by atoms with Crippen LogP contribution in [0.25, 0.3) is 0 Å². The molecule has 2 fully saturated rings. The third-order valence-corrected chi connectivity index (χ3v) is 5.22. The minimum Gasteiger partial charge on any atom is -0.303 e. The summed E-state index contributed by atoms with van der Waals surface area (Å²) >= 11 is 0. The second-order valence-corrected chi connectivity index (χ2v) is 7.40. The Bertz CT molecular complexity index is 246. The zero-order valence-corrected chi connectivity index (χ0v) is 12.9. The van der Waals surface area contributed by atoms with Crippen molar-refractivity contribution >= 4 is 0 Å². The largest absolute Gasteiger partial charge is 0.303 e. The van der Waals surface area contributed by atoms with E-state index in [1.165, 1.54) is 58.4 Å². The number of hydrogen-bond donors (Lipinski definition) is 0. The van der Waals surface area contributed by atoms with Crippen LogP contribution in [-0.4, -0.2) is 48.6 Å². The van der Waals surface area contributed by atoms with E-state index < -0.39 is 0 Å². The number of likely N-dealkylation sites (tertiary alicyclic amines) is 2. The molecule has 0 N–H and O–H groups in total. The van der Waals surface area contributed by atoms with E-state index >= 15 is 0 Å². The Balaban J connectivity index is 1.79. The van der Waals surface area contributed by atoms with Gasteiger partial charge in [0, 0.05) is 12.6 Å². The van der Waals surface area contributed by atoms with Gasteiger partial charge in [-0.2, -0.15) is 0 Å². The van der Waals surface area contributed by atoms with E-state index in [2.05, 4.69) is 37.5 Å². The number of rotatable bonds is 3. The number of hydrogen-bond acceptors (Lipinski definition) is 2. The summed E-state index contributed by atoms with van der Waals surface area (Å²) in [6.45, 7) is 16.2. The predicted molar refractivity (Wildman–Crippen MR) is 78.9 cm³/mol. The molecule has 106 valence electrons. The van der Waals surface area contributed by atoms with E-state index in [0.29, 0.717) is 5.41 Å². The van der Waals surface area contributed by atoms with Crippen LogP contribution in [0, 0.1) is 11.3 Å². The lowest BCUT2D eigenvalue weighted by Crippen LogP contribution is -2.48. The first-order chi connectivity index (χ1) is 8.48. The fourth-order valence-corrected chi connectivity index (χ4v) is 3.50. The summed E-state index contributed by atoms with van der Waals surface area (Å²) in [5.41, 5.74) is 0.575. The molecule has 0 aliphatic carbocycles. The number of nitrogens with zero attached hydrogens (tertiary/aromatic N) is 2. The van der Waals surface area contributed by atoms with Crippen molar-refractivity contribution in [2.45, 2.75) is 59.4 Å². The van der Waals surface area contributed by atoms with Crippen molar-refractivity contribution in [3.63, 3.8) is 0 Å². The number of piperidine rings is 2. The minimum atomic E-state index is 0.575. The zero-order chi connectivity index (χ0) is 13.2. The Hall–Kier alpha value is -0.0800. The van der Waals surface area contributed by atoms with Gasteiger partial charge in [-0.25, -0.2) is 0 Å². The molecule has 0 radical (unpaired) electrons. The van der Waals surface area contributed by atoms with Gasteiger partial charge in [0.25, 0.3) is 0 Å². The summed E-state index contributed by atoms with van der Waals surface area (Å²) in [4.78, 5) is 5.37. The highest BCUT2D eigenvalue weighted by molar-refractivity contribution is 4.87. The molecule has 2 heterocycles. The first kappa shape index (κ1) is 14.3. The molecule has 2 heteroatoms. The molecular formula is C16H32N2. The Kier molecular flexibility index (Phi) is 4.71. The van der Waals surface area contributed by atoms with Gasteiger partial charge in [0.05, 0.1) is 0 Å². The van der Waals surface area contributed by atoms with E-state index in [4.69, 9.17) is 0 Å². The van der Waals surface area contributed by atoms with Crippen molar-refractivity contribution in [1.29, 1.82) is 0 Å². The Morgan fingerprint density at radius 2 is 1.61 bits per heavy atom. The van der Waals surface area contributed by atoms with Crippen molar-refractivity contribution in [3.8, 4) is 0 Å². The molecule has 2 aliphatic heterocycles. The fourth-order valence-electron chi connectivity index (χ4n) is 3.50. The Morgan fingerprint density at radius 1 is 1.06 bits per heavy atom. The minimum absolute atomic E-state index is 0.575. The normalized spacial score (nSPS) is 27.8. The topological polar surface area (TPSA) is 6.48 Å². The van der Waals surface area contributed by atoms with Crippen LogP contribution in [0.3, 0.4) is 0 Å². The summed E-state index contributed by atoms with van der Waals surface area (Å²) in [7, 11) is 0. The lowest BCUT2D eigenvalue weighted by atomic mass is 9.79. The van der Waals surface area contributed by atoms with Crippen molar-refractivity contribution < 1.29 is 0 Å². The highest BCUT2D eigenvalue weighted by Gasteiger charge is 2.33. The van der Waals surface area contributed by atoms with Crippen LogP contribution in [0.2, 0.25) is 0 Å². The molecule has 0 bridgehead atoms. The summed E-state index contributed by atoms with van der Waals surface area (Å²) < 4.78 is 0. The van der Waals surface area contributed by atoms with Crippen molar-refractivity contribution in [2.75, 3.05) is 32.7 Å². The highest BCUT2D eigenvalue weighted by Crippen LogP contribution is 2.33. The average molecular weight is 252 g/mol. The van der Waals surface area contributed by atoms with Gasteiger partial charge in [0.2, 0.25) is 0 Å². The van der Waals surface area contributed by atoms with Crippen LogP contribution in [-0.2, 0) is 0 Å². The fraction of sp³-hybridized carbons (Fsp3) is 1.00. The van der Waals surface area contributed by atoms with Gasteiger partial charge >= 0.3 is 0 Å². The Morgan fingerprint density at radius 3 is 2.11 bits per heavy atom. The zero-order valence-electron chi connectivity index (χ0n) is 12.9. The van der Waals surface area contributed by atoms with Crippen molar-refractivity contribution in [3.05, 3.63) is 0 Å². The van der Waals surface area contributed by atoms with Crippen LogP contribution in [0.15, 0.2) is 0 Å². The van der Waals surface area contributed by atoms with Crippen LogP contribution in [0.1, 0.15) is 53.4 Å². The van der Waals surface area contributed by atoms with Crippen LogP contribution < -0.4 is 0 Å². The first-order valence-electron chi connectivity index (χ1n) is 7.95. The van der Waals surface area contributed by atoms with E-state index in [9.17, 15) is 0 Å². The van der Waals surface area contributed by atoms with Gasteiger partial charge in [-0.3, -0.25) is 0 Å². The first-order valence-corrected chi connectivity index (χ1v) is 7.95. The maximum atomic E-state index is 2.73. The SMILES string of the molecule is CC1CCN(CC2(C)CCN(C(C)C)CC2)CC1. The highest BCUT2D eigenvalue weighted by atomic mass is 15.2. The quantitative estimate of drug-likeness (QED) is 0.761. The van der Waals surface area contributed by atoms with E-state index in [1.54, 1.807) is 0 Å². The lowest BCUT2D eigenvalue weighted by Gasteiger charge is -2.44. The van der Waals surface area contributed by atoms with E-state index in [0.717, 1.165) is 12.0 Å². The second kappa shape index (κ2) is 5.92. The van der Waals surface area contributed by atoms with E-state index in [1.807, 2.05) is 0 Å². The molecule has 2 saturated heterocycles.